The summed E-state index contributed by atoms with van der Waals surface area (Å²) in [6.07, 6.45) is 3.15. The molecule has 13 nitrogen and oxygen atoms in total. The van der Waals surface area contributed by atoms with Crippen LogP contribution in [0, 0.1) is 6.92 Å². The van der Waals surface area contributed by atoms with Gasteiger partial charge in [0.1, 0.15) is 28.7 Å². The molecule has 1 aromatic carbocycles. The zero-order valence-corrected chi connectivity index (χ0v) is 22.3. The van der Waals surface area contributed by atoms with E-state index in [1.165, 1.54) is 32.8 Å². The van der Waals surface area contributed by atoms with E-state index in [0.29, 0.717) is 28.8 Å². The maximum Gasteiger partial charge on any atom is 0.243 e. The Kier molecular flexibility index (Phi) is 7.73. The molecule has 0 amide bonds. The lowest BCUT2D eigenvalue weighted by Crippen LogP contribution is -2.36. The third kappa shape index (κ3) is 5.21. The molecule has 0 aliphatic carbocycles. The summed E-state index contributed by atoms with van der Waals surface area (Å²) in [7, 11) is 0.330. The third-order valence-electron chi connectivity index (χ3n) is 5.78. The number of nitrogens with zero attached hydrogens (tertiary/aromatic N) is 6. The SMILES string of the molecule is COc1cccc(-c2nnc(NS(=O)(=O)[C@@H](C)[C@@H](N)c3ncc(C)cn3)n2-c2c(OC)cccc2OC)n1. The van der Waals surface area contributed by atoms with Crippen molar-refractivity contribution in [1.29, 1.82) is 0 Å². The Morgan fingerprint density at radius 3 is 2.18 bits per heavy atom. The van der Waals surface area contributed by atoms with E-state index in [4.69, 9.17) is 19.9 Å². The number of nitrogens with two attached hydrogens (primary N) is 1. The van der Waals surface area contributed by atoms with Crippen LogP contribution in [-0.2, 0) is 10.0 Å². The molecule has 200 valence electrons. The number of benzene rings is 1. The van der Waals surface area contributed by atoms with Crippen LogP contribution < -0.4 is 24.7 Å². The van der Waals surface area contributed by atoms with E-state index < -0.39 is 21.3 Å². The number of hydrogen-bond acceptors (Lipinski definition) is 11. The van der Waals surface area contributed by atoms with Crippen molar-refractivity contribution in [3.05, 3.63) is 60.2 Å². The van der Waals surface area contributed by atoms with Crippen molar-refractivity contribution in [3.8, 4) is 34.6 Å². The molecule has 4 rings (SSSR count). The van der Waals surface area contributed by atoms with Crippen LogP contribution in [0.25, 0.3) is 17.2 Å². The number of methoxy groups -OCH3 is 3. The summed E-state index contributed by atoms with van der Waals surface area (Å²) in [5.41, 5.74) is 7.80. The van der Waals surface area contributed by atoms with Crippen molar-refractivity contribution in [1.82, 2.24) is 29.7 Å². The lowest BCUT2D eigenvalue weighted by molar-refractivity contribution is 0.391. The Morgan fingerprint density at radius 1 is 0.947 bits per heavy atom. The first-order chi connectivity index (χ1) is 18.2. The lowest BCUT2D eigenvalue weighted by Gasteiger charge is -2.21. The molecule has 0 unspecified atom stereocenters. The number of nitrogens with one attached hydrogen (secondary N) is 1. The van der Waals surface area contributed by atoms with E-state index in [2.05, 4.69) is 29.9 Å². The lowest BCUT2D eigenvalue weighted by atomic mass is 10.2. The van der Waals surface area contributed by atoms with Gasteiger partial charge >= 0.3 is 0 Å². The van der Waals surface area contributed by atoms with Crippen LogP contribution in [0.4, 0.5) is 5.95 Å². The highest BCUT2D eigenvalue weighted by atomic mass is 32.2. The molecule has 0 bridgehead atoms. The van der Waals surface area contributed by atoms with E-state index >= 15 is 0 Å². The number of anilines is 1. The first-order valence-corrected chi connectivity index (χ1v) is 13.0. The minimum Gasteiger partial charge on any atom is -0.494 e. The topological polar surface area (TPSA) is 169 Å². The van der Waals surface area contributed by atoms with Gasteiger partial charge in [0.15, 0.2) is 5.82 Å². The van der Waals surface area contributed by atoms with E-state index in [-0.39, 0.29) is 17.6 Å². The van der Waals surface area contributed by atoms with Gasteiger partial charge < -0.3 is 19.9 Å². The van der Waals surface area contributed by atoms with Crippen molar-refractivity contribution in [2.24, 2.45) is 5.73 Å². The minimum absolute atomic E-state index is 0.128. The standard InChI is InChI=1S/C24H28N8O5S/c1-14-12-26-22(27-13-14)20(25)15(2)38(33,34)31-24-30-29-23(16-8-6-11-19(28-16)37-5)32(24)21-17(35-3)9-7-10-18(21)36-4/h6-13,15,20H,25H2,1-5H3,(H,30,31)/t15-,20+/m0/s1. The molecule has 0 saturated heterocycles. The summed E-state index contributed by atoms with van der Waals surface area (Å²) in [6, 6.07) is 9.22. The first kappa shape index (κ1) is 26.8. The molecule has 0 fully saturated rings. The molecular weight excluding hydrogens is 512 g/mol. The fourth-order valence-corrected chi connectivity index (χ4v) is 4.71. The molecular formula is C24H28N8O5S. The van der Waals surface area contributed by atoms with Gasteiger partial charge in [-0.2, -0.15) is 0 Å². The average Bonchev–Trinajstić information content (AvgIpc) is 3.34. The average molecular weight is 541 g/mol. The highest BCUT2D eigenvalue weighted by Gasteiger charge is 2.33. The molecule has 0 saturated carbocycles. The number of aryl methyl sites for hydroxylation is 1. The Bertz CT molecular complexity index is 1500. The Hall–Kier alpha value is -4.30. The van der Waals surface area contributed by atoms with Crippen LogP contribution in [-0.4, -0.2) is 64.7 Å². The predicted octanol–water partition coefficient (Wildman–Crippen LogP) is 2.28. The Balaban J connectivity index is 1.84. The monoisotopic (exact) mass is 540 g/mol. The number of sulfonamides is 1. The summed E-state index contributed by atoms with van der Waals surface area (Å²) in [4.78, 5) is 12.8. The second-order valence-corrected chi connectivity index (χ2v) is 10.3. The van der Waals surface area contributed by atoms with Crippen LogP contribution in [0.3, 0.4) is 0 Å². The van der Waals surface area contributed by atoms with Gasteiger partial charge in [0.25, 0.3) is 0 Å². The second kappa shape index (κ2) is 11.0. The smallest absolute Gasteiger partial charge is 0.243 e. The van der Waals surface area contributed by atoms with Crippen LogP contribution in [0.1, 0.15) is 24.4 Å². The third-order valence-corrected chi connectivity index (χ3v) is 7.52. The van der Waals surface area contributed by atoms with Crippen molar-refractivity contribution >= 4 is 16.0 Å². The van der Waals surface area contributed by atoms with E-state index in [1.807, 2.05) is 6.92 Å². The zero-order chi connectivity index (χ0) is 27.4. The van der Waals surface area contributed by atoms with Crippen molar-refractivity contribution < 1.29 is 22.6 Å². The number of ether oxygens (including phenoxy) is 3. The number of para-hydroxylation sites is 1. The maximum absolute atomic E-state index is 13.5. The van der Waals surface area contributed by atoms with Gasteiger partial charge in [-0.25, -0.2) is 23.4 Å². The Labute approximate surface area is 220 Å². The van der Waals surface area contributed by atoms with Crippen molar-refractivity contribution in [2.75, 3.05) is 26.1 Å². The molecule has 4 aromatic rings. The van der Waals surface area contributed by atoms with Gasteiger partial charge in [0.2, 0.25) is 21.9 Å². The normalized spacial score (nSPS) is 13.0. The zero-order valence-electron chi connectivity index (χ0n) is 21.5. The molecule has 3 N–H and O–H groups in total. The van der Waals surface area contributed by atoms with Gasteiger partial charge in [-0.05, 0) is 37.6 Å². The van der Waals surface area contributed by atoms with E-state index in [1.54, 1.807) is 48.8 Å². The highest BCUT2D eigenvalue weighted by molar-refractivity contribution is 7.93. The van der Waals surface area contributed by atoms with Crippen molar-refractivity contribution in [2.45, 2.75) is 25.1 Å². The molecule has 14 heteroatoms. The molecule has 3 aromatic heterocycles. The Morgan fingerprint density at radius 2 is 1.58 bits per heavy atom. The van der Waals surface area contributed by atoms with Gasteiger partial charge in [0.05, 0.1) is 32.6 Å². The van der Waals surface area contributed by atoms with Crippen LogP contribution in [0.5, 0.6) is 17.4 Å². The van der Waals surface area contributed by atoms with Crippen molar-refractivity contribution in [3.63, 3.8) is 0 Å². The van der Waals surface area contributed by atoms with E-state index in [9.17, 15) is 8.42 Å². The quantitative estimate of drug-likeness (QED) is 0.302. The summed E-state index contributed by atoms with van der Waals surface area (Å²) in [5, 5.41) is 7.26. The number of aromatic nitrogens is 6. The maximum atomic E-state index is 13.5. The number of hydrogen-bond donors (Lipinski definition) is 2. The summed E-state index contributed by atoms with van der Waals surface area (Å²) in [5.74, 6) is 1.38. The van der Waals surface area contributed by atoms with Gasteiger partial charge in [-0.3, -0.25) is 9.29 Å². The molecule has 0 spiro atoms. The molecule has 2 atom stereocenters. The molecule has 0 radical (unpaired) electrons. The van der Waals surface area contributed by atoms with Crippen LogP contribution >= 0.6 is 0 Å². The summed E-state index contributed by atoms with van der Waals surface area (Å²) in [6.45, 7) is 3.29. The fraction of sp³-hybridized carbons (Fsp3) is 0.292. The van der Waals surface area contributed by atoms with Crippen LogP contribution in [0.15, 0.2) is 48.8 Å². The van der Waals surface area contributed by atoms with E-state index in [0.717, 1.165) is 5.56 Å². The summed E-state index contributed by atoms with van der Waals surface area (Å²) >= 11 is 0. The van der Waals surface area contributed by atoms with Gasteiger partial charge in [-0.1, -0.05) is 12.1 Å². The van der Waals surface area contributed by atoms with Crippen LogP contribution in [0.2, 0.25) is 0 Å². The molecule has 0 aliphatic heterocycles. The number of pyridine rings is 1. The number of rotatable bonds is 10. The molecule has 0 aliphatic rings. The molecule has 3 heterocycles. The predicted molar refractivity (Wildman–Crippen MR) is 140 cm³/mol. The fourth-order valence-electron chi connectivity index (χ4n) is 3.63. The van der Waals surface area contributed by atoms with Gasteiger partial charge in [-0.15, -0.1) is 10.2 Å². The first-order valence-electron chi connectivity index (χ1n) is 11.4. The molecule has 38 heavy (non-hydrogen) atoms. The summed E-state index contributed by atoms with van der Waals surface area (Å²) < 4.78 is 47.4. The highest BCUT2D eigenvalue weighted by Crippen LogP contribution is 2.37. The van der Waals surface area contributed by atoms with Gasteiger partial charge in [0, 0.05) is 18.5 Å². The largest absolute Gasteiger partial charge is 0.494 e. The second-order valence-electron chi connectivity index (χ2n) is 8.26. The minimum atomic E-state index is -4.13.